The number of nitrogens with one attached hydrogen (secondary N) is 1. The van der Waals surface area contributed by atoms with Crippen molar-refractivity contribution in [3.8, 4) is 0 Å². The van der Waals surface area contributed by atoms with Crippen LogP contribution in [0.1, 0.15) is 25.0 Å². The second-order valence-corrected chi connectivity index (χ2v) is 7.42. The van der Waals surface area contributed by atoms with E-state index in [1.807, 2.05) is 42.9 Å². The van der Waals surface area contributed by atoms with Gasteiger partial charge in [0.25, 0.3) is 5.91 Å². The third-order valence-corrected chi connectivity index (χ3v) is 5.37. The first kappa shape index (κ1) is 17.7. The molecule has 0 aliphatic carbocycles. The molecule has 0 unspecified atom stereocenters. The molecule has 0 saturated heterocycles. The van der Waals surface area contributed by atoms with Gasteiger partial charge in [-0.1, -0.05) is 35.7 Å². The fourth-order valence-corrected chi connectivity index (χ4v) is 3.77. The van der Waals surface area contributed by atoms with Crippen molar-refractivity contribution >= 4 is 41.1 Å². The number of carbonyl (C=O) groups is 2. The minimum absolute atomic E-state index is 0.0552. The van der Waals surface area contributed by atoms with Gasteiger partial charge in [0, 0.05) is 5.69 Å². The number of hydrogen-bond acceptors (Lipinski definition) is 5. The molecule has 0 spiro atoms. The van der Waals surface area contributed by atoms with Gasteiger partial charge in [-0.3, -0.25) is 4.79 Å². The Hall–Kier alpha value is -1.66. The summed E-state index contributed by atoms with van der Waals surface area (Å²) in [7, 11) is 0. The molecule has 1 aromatic rings. The van der Waals surface area contributed by atoms with Crippen molar-refractivity contribution in [3.63, 3.8) is 0 Å². The molecule has 0 atom stereocenters. The largest absolute Gasteiger partial charge is 0.459 e. The van der Waals surface area contributed by atoms with Gasteiger partial charge in [-0.15, -0.1) is 0 Å². The first-order valence-corrected chi connectivity index (χ1v) is 8.97. The van der Waals surface area contributed by atoms with E-state index in [9.17, 15) is 9.59 Å². The van der Waals surface area contributed by atoms with Crippen LogP contribution in [0.5, 0.6) is 0 Å². The van der Waals surface area contributed by atoms with Gasteiger partial charge in [0.2, 0.25) is 0 Å². The van der Waals surface area contributed by atoms with Gasteiger partial charge in [-0.05, 0) is 55.7 Å². The lowest BCUT2D eigenvalue weighted by Gasteiger charge is -2.14. The predicted molar refractivity (Wildman–Crippen MR) is 97.1 cm³/mol. The van der Waals surface area contributed by atoms with E-state index in [1.165, 1.54) is 23.5 Å². The highest BCUT2D eigenvalue weighted by Crippen LogP contribution is 2.40. The van der Waals surface area contributed by atoms with Crippen LogP contribution in [-0.4, -0.2) is 18.0 Å². The van der Waals surface area contributed by atoms with E-state index >= 15 is 0 Å². The Morgan fingerprint density at radius 3 is 2.39 bits per heavy atom. The molecule has 122 valence electrons. The van der Waals surface area contributed by atoms with Gasteiger partial charge >= 0.3 is 5.97 Å². The van der Waals surface area contributed by atoms with Crippen LogP contribution >= 0.6 is 23.5 Å². The number of aryl methyl sites for hydroxylation is 1. The minimum atomic E-state index is -0.596. The fourth-order valence-electron chi connectivity index (χ4n) is 1.94. The summed E-state index contributed by atoms with van der Waals surface area (Å²) in [5.74, 6) is -1.04. The van der Waals surface area contributed by atoms with Crippen LogP contribution in [0.15, 0.2) is 38.8 Å². The van der Waals surface area contributed by atoms with Gasteiger partial charge < -0.3 is 10.1 Å². The molecule has 0 bridgehead atoms. The normalized spacial score (nSPS) is 13.3. The van der Waals surface area contributed by atoms with Crippen LogP contribution in [0.25, 0.3) is 0 Å². The van der Waals surface area contributed by atoms with Crippen molar-refractivity contribution in [1.82, 2.24) is 0 Å². The van der Waals surface area contributed by atoms with Crippen molar-refractivity contribution in [2.24, 2.45) is 0 Å². The summed E-state index contributed by atoms with van der Waals surface area (Å²) in [4.78, 5) is 25.0. The molecule has 0 fully saturated rings. The fraction of sp³-hybridized carbons (Fsp3) is 0.294. The molecule has 1 aliphatic heterocycles. The zero-order valence-corrected chi connectivity index (χ0v) is 15.1. The van der Waals surface area contributed by atoms with E-state index in [0.29, 0.717) is 9.92 Å². The van der Waals surface area contributed by atoms with E-state index < -0.39 is 11.9 Å². The van der Waals surface area contributed by atoms with Crippen LogP contribution in [0.3, 0.4) is 0 Å². The standard InChI is InChI=1S/C17H19NO3S2/c1-10(2)21-16(20)14(17-22-8-9-23-17)15(19)18-13-7-5-6-11(3)12(13)4/h5-10H,1-4H3,(H,18,19). The highest BCUT2D eigenvalue weighted by atomic mass is 32.2. The molecule has 1 amide bonds. The lowest BCUT2D eigenvalue weighted by Crippen LogP contribution is -2.25. The summed E-state index contributed by atoms with van der Waals surface area (Å²) in [6.45, 7) is 7.43. The zero-order valence-electron chi connectivity index (χ0n) is 13.5. The molecular formula is C17H19NO3S2. The number of carbonyl (C=O) groups excluding carboxylic acids is 2. The third-order valence-electron chi connectivity index (χ3n) is 3.24. The number of rotatable bonds is 4. The second kappa shape index (κ2) is 7.75. The van der Waals surface area contributed by atoms with Crippen LogP contribution in [-0.2, 0) is 14.3 Å². The number of thioether (sulfide) groups is 2. The number of benzene rings is 1. The molecule has 1 aromatic carbocycles. The monoisotopic (exact) mass is 349 g/mol. The quantitative estimate of drug-likeness (QED) is 0.379. The van der Waals surface area contributed by atoms with E-state index in [1.54, 1.807) is 13.8 Å². The maximum Gasteiger partial charge on any atom is 0.345 e. The number of amides is 1. The van der Waals surface area contributed by atoms with Crippen molar-refractivity contribution in [1.29, 1.82) is 0 Å². The predicted octanol–water partition coefficient (Wildman–Crippen LogP) is 4.36. The third kappa shape index (κ3) is 4.42. The molecule has 0 saturated carbocycles. The summed E-state index contributed by atoms with van der Waals surface area (Å²) in [6, 6.07) is 5.67. The Kier molecular flexibility index (Phi) is 5.96. The summed E-state index contributed by atoms with van der Waals surface area (Å²) < 4.78 is 5.86. The molecule has 0 radical (unpaired) electrons. The molecule has 1 heterocycles. The molecule has 6 heteroatoms. The van der Waals surface area contributed by atoms with Crippen LogP contribution in [0.2, 0.25) is 0 Å². The minimum Gasteiger partial charge on any atom is -0.459 e. The van der Waals surface area contributed by atoms with Crippen LogP contribution < -0.4 is 5.32 Å². The average Bonchev–Trinajstić information content (AvgIpc) is 2.97. The molecule has 1 aliphatic rings. The zero-order chi connectivity index (χ0) is 17.0. The van der Waals surface area contributed by atoms with Gasteiger partial charge in [-0.2, -0.15) is 0 Å². The summed E-state index contributed by atoms with van der Waals surface area (Å²) in [5.41, 5.74) is 2.81. The van der Waals surface area contributed by atoms with Gasteiger partial charge in [-0.25, -0.2) is 4.79 Å². The topological polar surface area (TPSA) is 55.4 Å². The number of esters is 1. The Labute approximate surface area is 144 Å². The Bertz CT molecular complexity index is 683. The molecule has 0 aromatic heterocycles. The molecular weight excluding hydrogens is 330 g/mol. The number of anilines is 1. The highest BCUT2D eigenvalue weighted by molar-refractivity contribution is 8.27. The second-order valence-electron chi connectivity index (χ2n) is 5.33. The maximum absolute atomic E-state index is 12.7. The van der Waals surface area contributed by atoms with Crippen LogP contribution in [0.4, 0.5) is 5.69 Å². The summed E-state index contributed by atoms with van der Waals surface area (Å²) in [5, 5.41) is 6.51. The van der Waals surface area contributed by atoms with E-state index in [2.05, 4.69) is 5.32 Å². The van der Waals surface area contributed by atoms with E-state index in [0.717, 1.165) is 11.1 Å². The summed E-state index contributed by atoms with van der Waals surface area (Å²) >= 11 is 2.70. The smallest absolute Gasteiger partial charge is 0.345 e. The van der Waals surface area contributed by atoms with E-state index in [-0.39, 0.29) is 11.7 Å². The van der Waals surface area contributed by atoms with E-state index in [4.69, 9.17) is 4.74 Å². The van der Waals surface area contributed by atoms with Crippen molar-refractivity contribution in [2.45, 2.75) is 33.8 Å². The number of hydrogen-bond donors (Lipinski definition) is 1. The Balaban J connectivity index is 2.29. The molecule has 23 heavy (non-hydrogen) atoms. The van der Waals surface area contributed by atoms with Gasteiger partial charge in [0.05, 0.1) is 10.3 Å². The van der Waals surface area contributed by atoms with Crippen molar-refractivity contribution in [2.75, 3.05) is 5.32 Å². The Morgan fingerprint density at radius 2 is 1.78 bits per heavy atom. The van der Waals surface area contributed by atoms with Gasteiger partial charge in [0.15, 0.2) is 0 Å². The molecule has 4 nitrogen and oxygen atoms in total. The van der Waals surface area contributed by atoms with Crippen LogP contribution in [0, 0.1) is 13.8 Å². The summed E-state index contributed by atoms with van der Waals surface area (Å²) in [6.07, 6.45) is -0.282. The SMILES string of the molecule is Cc1cccc(NC(=O)C(C(=O)OC(C)C)=C2SC=CS2)c1C. The lowest BCUT2D eigenvalue weighted by molar-refractivity contribution is -0.143. The first-order valence-electron chi connectivity index (χ1n) is 7.21. The average molecular weight is 349 g/mol. The Morgan fingerprint density at radius 1 is 1.13 bits per heavy atom. The maximum atomic E-state index is 12.7. The first-order chi connectivity index (χ1) is 10.9. The number of ether oxygens (including phenoxy) is 1. The van der Waals surface area contributed by atoms with Gasteiger partial charge in [0.1, 0.15) is 5.57 Å². The lowest BCUT2D eigenvalue weighted by atomic mass is 10.1. The van der Waals surface area contributed by atoms with Crippen molar-refractivity contribution in [3.05, 3.63) is 50.0 Å². The molecule has 1 N–H and O–H groups in total. The highest BCUT2D eigenvalue weighted by Gasteiger charge is 2.27. The van der Waals surface area contributed by atoms with Crippen molar-refractivity contribution < 1.29 is 14.3 Å². The molecule has 2 rings (SSSR count).